The van der Waals surface area contributed by atoms with Crippen LogP contribution in [0.2, 0.25) is 0 Å². The van der Waals surface area contributed by atoms with Gasteiger partial charge in [-0.2, -0.15) is 0 Å². The molecule has 2 fully saturated rings. The number of hydrogen-bond acceptors (Lipinski definition) is 4. The summed E-state index contributed by atoms with van der Waals surface area (Å²) in [6.45, 7) is 4.41. The van der Waals surface area contributed by atoms with Crippen LogP contribution in [0, 0.1) is 0 Å². The highest BCUT2D eigenvalue weighted by atomic mass is 32.1. The number of fused-ring (bicyclic) bond motifs is 1. The molecule has 1 aliphatic heterocycles. The fraction of sp³-hybridized carbons (Fsp3) is 0.667. The molecular weight excluding hydrogens is 268 g/mol. The van der Waals surface area contributed by atoms with Crippen LogP contribution in [0.25, 0.3) is 4.96 Å². The molecule has 108 valence electrons. The number of nitrogens with zero attached hydrogens (tertiary/aromatic N) is 3. The predicted octanol–water partition coefficient (Wildman–Crippen LogP) is 3.03. The number of aromatic nitrogens is 2. The number of thiazole rings is 1. The van der Waals surface area contributed by atoms with Crippen molar-refractivity contribution in [2.24, 2.45) is 0 Å². The van der Waals surface area contributed by atoms with Crippen molar-refractivity contribution in [2.45, 2.75) is 57.7 Å². The van der Waals surface area contributed by atoms with E-state index in [0.29, 0.717) is 6.04 Å². The van der Waals surface area contributed by atoms with Crippen molar-refractivity contribution in [2.75, 3.05) is 11.4 Å². The van der Waals surface area contributed by atoms with E-state index < -0.39 is 0 Å². The Labute approximate surface area is 123 Å². The monoisotopic (exact) mass is 290 g/mol. The number of rotatable bonds is 5. The van der Waals surface area contributed by atoms with Crippen LogP contribution in [0.4, 0.5) is 5.82 Å². The van der Waals surface area contributed by atoms with Gasteiger partial charge in [0.15, 0.2) is 10.8 Å². The van der Waals surface area contributed by atoms with E-state index in [1.807, 2.05) is 0 Å². The molecule has 1 saturated heterocycles. The van der Waals surface area contributed by atoms with Crippen LogP contribution in [0.15, 0.2) is 11.6 Å². The molecule has 4 rings (SSSR count). The summed E-state index contributed by atoms with van der Waals surface area (Å²) in [5.74, 6) is 1.23. The van der Waals surface area contributed by atoms with Gasteiger partial charge in [-0.3, -0.25) is 4.40 Å². The predicted molar refractivity (Wildman–Crippen MR) is 83.6 cm³/mol. The SMILES string of the molecule is CCC1CCCN1c1nc2sccn2c1CNC1CC1. The Bertz CT molecular complexity index is 598. The average Bonchev–Trinajstić information content (AvgIpc) is 2.89. The summed E-state index contributed by atoms with van der Waals surface area (Å²) in [5.41, 5.74) is 1.36. The Morgan fingerprint density at radius 1 is 1.40 bits per heavy atom. The van der Waals surface area contributed by atoms with Gasteiger partial charge in [0, 0.05) is 36.8 Å². The molecule has 2 aromatic heterocycles. The van der Waals surface area contributed by atoms with E-state index in [-0.39, 0.29) is 0 Å². The zero-order valence-corrected chi connectivity index (χ0v) is 12.8. The van der Waals surface area contributed by atoms with Gasteiger partial charge in [-0.05, 0) is 32.1 Å². The summed E-state index contributed by atoms with van der Waals surface area (Å²) in [6.07, 6.45) is 8.68. The Morgan fingerprint density at radius 2 is 2.30 bits per heavy atom. The van der Waals surface area contributed by atoms with Crippen LogP contribution in [0.3, 0.4) is 0 Å². The standard InChI is InChI=1S/C15H22N4S/c1-2-12-4-3-7-18(12)14-13(10-16-11-5-6-11)19-8-9-20-15(19)17-14/h8-9,11-12,16H,2-7,10H2,1H3. The summed E-state index contributed by atoms with van der Waals surface area (Å²) in [5, 5.41) is 5.79. The van der Waals surface area contributed by atoms with E-state index in [1.54, 1.807) is 11.3 Å². The maximum Gasteiger partial charge on any atom is 0.195 e. The zero-order chi connectivity index (χ0) is 13.5. The molecular formula is C15H22N4S. The first-order valence-electron chi connectivity index (χ1n) is 7.81. The molecule has 1 aliphatic carbocycles. The highest BCUT2D eigenvalue weighted by Crippen LogP contribution is 2.32. The highest BCUT2D eigenvalue weighted by Gasteiger charge is 2.29. The molecule has 3 heterocycles. The van der Waals surface area contributed by atoms with Gasteiger partial charge in [-0.1, -0.05) is 6.92 Å². The minimum Gasteiger partial charge on any atom is -0.352 e. The van der Waals surface area contributed by atoms with E-state index in [2.05, 4.69) is 33.1 Å². The number of imidazole rings is 1. The summed E-state index contributed by atoms with van der Waals surface area (Å²) in [6, 6.07) is 1.42. The molecule has 5 heteroatoms. The summed E-state index contributed by atoms with van der Waals surface area (Å²) >= 11 is 1.74. The van der Waals surface area contributed by atoms with E-state index >= 15 is 0 Å². The first kappa shape index (κ1) is 12.7. The van der Waals surface area contributed by atoms with Gasteiger partial charge in [-0.25, -0.2) is 4.98 Å². The van der Waals surface area contributed by atoms with E-state index in [1.165, 1.54) is 50.2 Å². The second-order valence-corrected chi connectivity index (χ2v) is 6.86. The van der Waals surface area contributed by atoms with Crippen molar-refractivity contribution < 1.29 is 0 Å². The maximum atomic E-state index is 4.92. The van der Waals surface area contributed by atoms with Crippen LogP contribution in [-0.2, 0) is 6.54 Å². The molecule has 0 amide bonds. The topological polar surface area (TPSA) is 32.6 Å². The molecule has 0 bridgehead atoms. The Kier molecular flexibility index (Phi) is 3.19. The molecule has 0 aromatic carbocycles. The van der Waals surface area contributed by atoms with Crippen molar-refractivity contribution in [1.82, 2.24) is 14.7 Å². The lowest BCUT2D eigenvalue weighted by Crippen LogP contribution is -2.30. The molecule has 20 heavy (non-hydrogen) atoms. The van der Waals surface area contributed by atoms with Gasteiger partial charge in [0.1, 0.15) is 0 Å². The molecule has 2 aliphatic rings. The third kappa shape index (κ3) is 2.13. The second-order valence-electron chi connectivity index (χ2n) is 5.99. The van der Waals surface area contributed by atoms with Gasteiger partial charge in [0.2, 0.25) is 0 Å². The van der Waals surface area contributed by atoms with Crippen molar-refractivity contribution in [3.8, 4) is 0 Å². The fourth-order valence-corrected chi connectivity index (χ4v) is 4.01. The van der Waals surface area contributed by atoms with E-state index in [9.17, 15) is 0 Å². The van der Waals surface area contributed by atoms with Crippen molar-refractivity contribution in [1.29, 1.82) is 0 Å². The molecule has 1 unspecified atom stereocenters. The quantitative estimate of drug-likeness (QED) is 0.918. The molecule has 4 nitrogen and oxygen atoms in total. The summed E-state index contributed by atoms with van der Waals surface area (Å²) < 4.78 is 2.28. The average molecular weight is 290 g/mol. The third-order valence-electron chi connectivity index (χ3n) is 4.60. The molecule has 0 spiro atoms. The molecule has 0 radical (unpaired) electrons. The first-order valence-corrected chi connectivity index (χ1v) is 8.69. The van der Waals surface area contributed by atoms with Crippen molar-refractivity contribution in [3.63, 3.8) is 0 Å². The Morgan fingerprint density at radius 3 is 3.10 bits per heavy atom. The van der Waals surface area contributed by atoms with Crippen LogP contribution in [0.5, 0.6) is 0 Å². The van der Waals surface area contributed by atoms with Gasteiger partial charge < -0.3 is 10.2 Å². The fourth-order valence-electron chi connectivity index (χ4n) is 3.28. The van der Waals surface area contributed by atoms with Crippen LogP contribution in [-0.4, -0.2) is 28.0 Å². The molecule has 1 N–H and O–H groups in total. The van der Waals surface area contributed by atoms with E-state index in [0.717, 1.165) is 17.5 Å². The Hall–Kier alpha value is -1.07. The smallest absolute Gasteiger partial charge is 0.195 e. The first-order chi connectivity index (χ1) is 9.86. The lowest BCUT2D eigenvalue weighted by Gasteiger charge is -2.24. The minimum atomic E-state index is 0.680. The van der Waals surface area contributed by atoms with Gasteiger partial charge in [-0.15, -0.1) is 11.3 Å². The van der Waals surface area contributed by atoms with Crippen LogP contribution in [0.1, 0.15) is 44.7 Å². The third-order valence-corrected chi connectivity index (χ3v) is 5.35. The summed E-state index contributed by atoms with van der Waals surface area (Å²) in [7, 11) is 0. The van der Waals surface area contributed by atoms with Gasteiger partial charge >= 0.3 is 0 Å². The molecule has 1 atom stereocenters. The minimum absolute atomic E-state index is 0.680. The second kappa shape index (κ2) is 5.04. The van der Waals surface area contributed by atoms with Crippen molar-refractivity contribution >= 4 is 22.1 Å². The largest absolute Gasteiger partial charge is 0.352 e. The maximum absolute atomic E-state index is 4.92. The molecule has 2 aromatic rings. The zero-order valence-electron chi connectivity index (χ0n) is 12.0. The number of hydrogen-bond donors (Lipinski definition) is 1. The van der Waals surface area contributed by atoms with Crippen LogP contribution < -0.4 is 10.2 Å². The van der Waals surface area contributed by atoms with E-state index in [4.69, 9.17) is 4.98 Å². The normalized spacial score (nSPS) is 23.1. The summed E-state index contributed by atoms with van der Waals surface area (Å²) in [4.78, 5) is 8.60. The number of anilines is 1. The Balaban J connectivity index is 1.68. The van der Waals surface area contributed by atoms with Crippen LogP contribution >= 0.6 is 11.3 Å². The van der Waals surface area contributed by atoms with Crippen molar-refractivity contribution in [3.05, 3.63) is 17.3 Å². The highest BCUT2D eigenvalue weighted by molar-refractivity contribution is 7.15. The number of nitrogens with one attached hydrogen (secondary N) is 1. The lowest BCUT2D eigenvalue weighted by atomic mass is 10.2. The van der Waals surface area contributed by atoms with Gasteiger partial charge in [0.25, 0.3) is 0 Å². The van der Waals surface area contributed by atoms with Gasteiger partial charge in [0.05, 0.1) is 5.69 Å². The lowest BCUT2D eigenvalue weighted by molar-refractivity contribution is 0.629. The molecule has 1 saturated carbocycles.